The Kier molecular flexibility index (Phi) is 4.97. The van der Waals surface area contributed by atoms with Crippen LogP contribution >= 0.6 is 11.6 Å². The minimum atomic E-state index is -3.79. The normalized spacial score (nSPS) is 11.1. The van der Waals surface area contributed by atoms with Crippen LogP contribution in [0.4, 0.5) is 5.69 Å². The quantitative estimate of drug-likeness (QED) is 0.887. The Morgan fingerprint density at radius 1 is 1.13 bits per heavy atom. The molecular formula is C16H17ClN2O3S. The summed E-state index contributed by atoms with van der Waals surface area (Å²) < 4.78 is 27.5. The van der Waals surface area contributed by atoms with E-state index < -0.39 is 10.0 Å². The lowest BCUT2D eigenvalue weighted by Crippen LogP contribution is -2.20. The van der Waals surface area contributed by atoms with Gasteiger partial charge in [0.15, 0.2) is 0 Å². The van der Waals surface area contributed by atoms with Crippen molar-refractivity contribution >= 4 is 33.2 Å². The number of hydrogen-bond donors (Lipinski definition) is 2. The van der Waals surface area contributed by atoms with E-state index in [9.17, 15) is 13.2 Å². The molecular weight excluding hydrogens is 336 g/mol. The van der Waals surface area contributed by atoms with Crippen LogP contribution < -0.4 is 10.0 Å². The number of rotatable bonds is 4. The molecule has 0 aliphatic heterocycles. The third kappa shape index (κ3) is 3.65. The van der Waals surface area contributed by atoms with Crippen molar-refractivity contribution in [2.24, 2.45) is 0 Å². The van der Waals surface area contributed by atoms with Crippen LogP contribution in [-0.2, 0) is 10.0 Å². The molecule has 0 saturated heterocycles. The van der Waals surface area contributed by atoms with Crippen molar-refractivity contribution in [1.29, 1.82) is 0 Å². The summed E-state index contributed by atoms with van der Waals surface area (Å²) in [6, 6.07) is 9.39. The number of benzene rings is 2. The Morgan fingerprint density at radius 3 is 2.43 bits per heavy atom. The molecule has 0 spiro atoms. The predicted octanol–water partition coefficient (Wildman–Crippen LogP) is 3.12. The molecule has 5 nitrogen and oxygen atoms in total. The number of sulfonamides is 1. The lowest BCUT2D eigenvalue weighted by molar-refractivity contribution is 0.0962. The van der Waals surface area contributed by atoms with Crippen LogP contribution in [0.25, 0.3) is 0 Å². The van der Waals surface area contributed by atoms with Crippen LogP contribution in [0.1, 0.15) is 21.5 Å². The van der Waals surface area contributed by atoms with E-state index in [4.69, 9.17) is 11.6 Å². The van der Waals surface area contributed by atoms with Gasteiger partial charge in [0.2, 0.25) is 0 Å². The summed E-state index contributed by atoms with van der Waals surface area (Å²) in [5.41, 5.74) is 2.11. The second-order valence-electron chi connectivity index (χ2n) is 5.07. The molecule has 0 bridgehead atoms. The smallest absolute Gasteiger partial charge is 0.261 e. The summed E-state index contributed by atoms with van der Waals surface area (Å²) in [5.74, 6) is -0.276. The van der Waals surface area contributed by atoms with Gasteiger partial charge in [-0.1, -0.05) is 23.7 Å². The van der Waals surface area contributed by atoms with E-state index in [2.05, 4.69) is 10.0 Å². The zero-order chi connectivity index (χ0) is 17.2. The molecule has 2 N–H and O–H groups in total. The Labute approximate surface area is 140 Å². The van der Waals surface area contributed by atoms with E-state index in [1.165, 1.54) is 19.2 Å². The number of anilines is 1. The largest absolute Gasteiger partial charge is 0.355 e. The van der Waals surface area contributed by atoms with Crippen LogP contribution in [0.5, 0.6) is 0 Å². The molecule has 0 heterocycles. The maximum atomic E-state index is 12.5. The molecule has 7 heteroatoms. The summed E-state index contributed by atoms with van der Waals surface area (Å²) >= 11 is 5.99. The van der Waals surface area contributed by atoms with Crippen LogP contribution in [0.3, 0.4) is 0 Å². The zero-order valence-corrected chi connectivity index (χ0v) is 14.5. The van der Waals surface area contributed by atoms with Gasteiger partial charge in [0.05, 0.1) is 10.6 Å². The molecule has 0 unspecified atom stereocenters. The second kappa shape index (κ2) is 6.60. The fourth-order valence-corrected chi connectivity index (χ4v) is 3.47. The number of hydrogen-bond acceptors (Lipinski definition) is 3. The summed E-state index contributed by atoms with van der Waals surface area (Å²) in [4.78, 5) is 11.9. The third-order valence-corrected chi connectivity index (χ3v) is 5.27. The van der Waals surface area contributed by atoms with Gasteiger partial charge in [-0.05, 0) is 49.2 Å². The molecule has 0 fully saturated rings. The average Bonchev–Trinajstić information content (AvgIpc) is 2.51. The highest BCUT2D eigenvalue weighted by Gasteiger charge is 2.18. The summed E-state index contributed by atoms with van der Waals surface area (Å²) in [6.45, 7) is 3.48. The first-order chi connectivity index (χ1) is 10.8. The molecule has 0 aromatic heterocycles. The highest BCUT2D eigenvalue weighted by Crippen LogP contribution is 2.25. The SMILES string of the molecule is CNC(=O)c1cccc(NS(=O)(=O)c2ccc(C)c(Cl)c2)c1C. The minimum absolute atomic E-state index is 0.0675. The molecule has 2 rings (SSSR count). The first-order valence-corrected chi connectivity index (χ1v) is 8.73. The second-order valence-corrected chi connectivity index (χ2v) is 7.16. The van der Waals surface area contributed by atoms with Gasteiger partial charge in [0, 0.05) is 17.6 Å². The monoisotopic (exact) mass is 352 g/mol. The Morgan fingerprint density at radius 2 is 1.83 bits per heavy atom. The Hall–Kier alpha value is -2.05. The summed E-state index contributed by atoms with van der Waals surface area (Å²) in [6.07, 6.45) is 0. The van der Waals surface area contributed by atoms with E-state index in [0.29, 0.717) is 21.8 Å². The molecule has 0 aliphatic rings. The van der Waals surface area contributed by atoms with Gasteiger partial charge in [-0.15, -0.1) is 0 Å². The van der Waals surface area contributed by atoms with E-state index in [-0.39, 0.29) is 10.8 Å². The standard InChI is InChI=1S/C16H17ClN2O3S/c1-10-7-8-12(9-14(10)17)23(21,22)19-15-6-4-5-13(11(15)2)16(20)18-3/h4-9,19H,1-3H3,(H,18,20). The first-order valence-electron chi connectivity index (χ1n) is 6.87. The maximum absolute atomic E-state index is 12.5. The van der Waals surface area contributed by atoms with Crippen LogP contribution in [0.15, 0.2) is 41.3 Å². The van der Waals surface area contributed by atoms with E-state index in [0.717, 1.165) is 5.56 Å². The third-order valence-electron chi connectivity index (χ3n) is 3.50. The number of aryl methyl sites for hydroxylation is 1. The van der Waals surface area contributed by atoms with Gasteiger partial charge in [0.1, 0.15) is 0 Å². The number of carbonyl (C=O) groups excluding carboxylic acids is 1. The van der Waals surface area contributed by atoms with Crippen molar-refractivity contribution < 1.29 is 13.2 Å². The maximum Gasteiger partial charge on any atom is 0.261 e. The van der Waals surface area contributed by atoms with Crippen LogP contribution in [0, 0.1) is 13.8 Å². The molecule has 2 aromatic rings. The van der Waals surface area contributed by atoms with Crippen molar-refractivity contribution in [3.05, 3.63) is 58.1 Å². The highest BCUT2D eigenvalue weighted by molar-refractivity contribution is 7.92. The van der Waals surface area contributed by atoms with Gasteiger partial charge in [-0.25, -0.2) is 8.42 Å². The zero-order valence-electron chi connectivity index (χ0n) is 13.0. The van der Waals surface area contributed by atoms with Crippen molar-refractivity contribution in [3.63, 3.8) is 0 Å². The molecule has 23 heavy (non-hydrogen) atoms. The minimum Gasteiger partial charge on any atom is -0.355 e. The number of carbonyl (C=O) groups is 1. The molecule has 0 atom stereocenters. The molecule has 0 radical (unpaired) electrons. The fourth-order valence-electron chi connectivity index (χ4n) is 2.07. The lowest BCUT2D eigenvalue weighted by Gasteiger charge is -2.13. The topological polar surface area (TPSA) is 75.3 Å². The highest BCUT2D eigenvalue weighted by atomic mass is 35.5. The van der Waals surface area contributed by atoms with E-state index in [1.54, 1.807) is 38.1 Å². The number of halogens is 1. The van der Waals surface area contributed by atoms with Crippen LogP contribution in [0.2, 0.25) is 5.02 Å². The van der Waals surface area contributed by atoms with Gasteiger partial charge in [-0.2, -0.15) is 0 Å². The lowest BCUT2D eigenvalue weighted by atomic mass is 10.1. The summed E-state index contributed by atoms with van der Waals surface area (Å²) in [5, 5.41) is 2.90. The molecule has 1 amide bonds. The van der Waals surface area contributed by atoms with Gasteiger partial charge in [0.25, 0.3) is 15.9 Å². The summed E-state index contributed by atoms with van der Waals surface area (Å²) in [7, 11) is -2.27. The molecule has 122 valence electrons. The predicted molar refractivity (Wildman–Crippen MR) is 91.6 cm³/mol. The van der Waals surface area contributed by atoms with Crippen LogP contribution in [-0.4, -0.2) is 21.4 Å². The fraction of sp³-hybridized carbons (Fsp3) is 0.188. The van der Waals surface area contributed by atoms with Gasteiger partial charge >= 0.3 is 0 Å². The number of amides is 1. The van der Waals surface area contributed by atoms with Gasteiger partial charge < -0.3 is 5.32 Å². The molecule has 0 aliphatic carbocycles. The van der Waals surface area contributed by atoms with Crippen molar-refractivity contribution in [2.75, 3.05) is 11.8 Å². The molecule has 0 saturated carbocycles. The molecule has 2 aromatic carbocycles. The van der Waals surface area contributed by atoms with Crippen molar-refractivity contribution in [1.82, 2.24) is 5.32 Å². The van der Waals surface area contributed by atoms with Crippen molar-refractivity contribution in [3.8, 4) is 0 Å². The van der Waals surface area contributed by atoms with E-state index >= 15 is 0 Å². The Balaban J connectivity index is 2.41. The van der Waals surface area contributed by atoms with Gasteiger partial charge in [-0.3, -0.25) is 9.52 Å². The van der Waals surface area contributed by atoms with Crippen molar-refractivity contribution in [2.45, 2.75) is 18.7 Å². The van der Waals surface area contributed by atoms with E-state index in [1.807, 2.05) is 0 Å². The number of nitrogens with one attached hydrogen (secondary N) is 2. The average molecular weight is 353 g/mol. The first kappa shape index (κ1) is 17.3. The Bertz CT molecular complexity index is 864.